The fraction of sp³-hybridized carbons (Fsp3) is 0.650. The molecule has 1 amide bonds. The van der Waals surface area contributed by atoms with Gasteiger partial charge in [-0.1, -0.05) is 26.0 Å². The molecule has 0 heterocycles. The van der Waals surface area contributed by atoms with Gasteiger partial charge >= 0.3 is 11.9 Å². The minimum Gasteiger partial charge on any atom is -0.461 e. The summed E-state index contributed by atoms with van der Waals surface area (Å²) in [6, 6.07) is -0.393. The van der Waals surface area contributed by atoms with Crippen molar-refractivity contribution in [1.82, 2.24) is 9.80 Å². The molecule has 0 aliphatic heterocycles. The number of carbonyl (C=O) groups is 3. The van der Waals surface area contributed by atoms with Crippen molar-refractivity contribution >= 4 is 18.3 Å². The molecule has 0 aliphatic rings. The largest absolute Gasteiger partial charge is 0.461 e. The van der Waals surface area contributed by atoms with E-state index in [1.54, 1.807) is 57.4 Å². The molecule has 7 nitrogen and oxygen atoms in total. The van der Waals surface area contributed by atoms with Gasteiger partial charge in [-0.15, -0.1) is 0 Å². The van der Waals surface area contributed by atoms with Gasteiger partial charge in [0.1, 0.15) is 18.2 Å². The number of carbonyl (C=O) groups excluding carboxylic acids is 3. The highest BCUT2D eigenvalue weighted by Gasteiger charge is 2.33. The summed E-state index contributed by atoms with van der Waals surface area (Å²) in [5.41, 5.74) is 0. The smallest absolute Gasteiger partial charge is 0.323 e. The average molecular weight is 383 g/mol. The molecule has 0 fully saturated rings. The molecule has 5 atom stereocenters. The quantitative estimate of drug-likeness (QED) is 0.310. The van der Waals surface area contributed by atoms with Crippen molar-refractivity contribution in [2.45, 2.75) is 52.9 Å². The average Bonchev–Trinajstić information content (AvgIpc) is 2.61. The van der Waals surface area contributed by atoms with Gasteiger partial charge in [-0.05, 0) is 34.0 Å². The Morgan fingerprint density at radius 1 is 1.00 bits per heavy atom. The van der Waals surface area contributed by atoms with E-state index in [1.165, 1.54) is 11.8 Å². The maximum atomic E-state index is 12.4. The second-order valence-corrected chi connectivity index (χ2v) is 6.97. The van der Waals surface area contributed by atoms with Crippen LogP contribution >= 0.6 is 0 Å². The van der Waals surface area contributed by atoms with E-state index < -0.39 is 24.2 Å². The second kappa shape index (κ2) is 12.3. The molecule has 0 unspecified atom stereocenters. The van der Waals surface area contributed by atoms with Gasteiger partial charge in [0.05, 0.1) is 0 Å². The lowest BCUT2D eigenvalue weighted by Gasteiger charge is -2.32. The highest BCUT2D eigenvalue weighted by Crippen LogP contribution is 2.25. The van der Waals surface area contributed by atoms with Gasteiger partial charge < -0.3 is 14.4 Å². The number of esters is 2. The first-order valence-corrected chi connectivity index (χ1v) is 9.07. The van der Waals surface area contributed by atoms with Gasteiger partial charge in [-0.2, -0.15) is 0 Å². The lowest BCUT2D eigenvalue weighted by molar-refractivity contribution is -0.161. The maximum absolute atomic E-state index is 12.4. The Bertz CT molecular complexity index is 544. The fourth-order valence-electron chi connectivity index (χ4n) is 2.44. The third-order valence-electron chi connectivity index (χ3n) is 4.40. The molecular weight excluding hydrogens is 348 g/mol. The molecule has 0 aromatic carbocycles. The van der Waals surface area contributed by atoms with Gasteiger partial charge in [0.25, 0.3) is 0 Å². The van der Waals surface area contributed by atoms with Crippen LogP contribution in [0, 0.1) is 11.8 Å². The van der Waals surface area contributed by atoms with E-state index in [-0.39, 0.29) is 17.8 Å². The van der Waals surface area contributed by atoms with Crippen LogP contribution in [0.25, 0.3) is 0 Å². The molecule has 0 spiro atoms. The van der Waals surface area contributed by atoms with E-state index in [2.05, 4.69) is 0 Å². The molecule has 0 aromatic rings. The summed E-state index contributed by atoms with van der Waals surface area (Å²) in [5.74, 6) is -1.24. The SMILES string of the molecule is C/C=C/[C@@H](OC(=O)[C@H](C)N(C)C)[C@H](C)[C@H](OC(C)=O)[C@H](C)/C=C/N(C)C=O. The minimum absolute atomic E-state index is 0.191. The van der Waals surface area contributed by atoms with Crippen molar-refractivity contribution in [1.29, 1.82) is 0 Å². The van der Waals surface area contributed by atoms with E-state index in [9.17, 15) is 14.4 Å². The third-order valence-corrected chi connectivity index (χ3v) is 4.40. The topological polar surface area (TPSA) is 76.2 Å². The third kappa shape index (κ3) is 8.86. The first-order chi connectivity index (χ1) is 12.5. The Balaban J connectivity index is 5.50. The number of hydrogen-bond donors (Lipinski definition) is 0. The second-order valence-electron chi connectivity index (χ2n) is 6.97. The number of rotatable bonds is 11. The van der Waals surface area contributed by atoms with Crippen molar-refractivity contribution in [3.63, 3.8) is 0 Å². The van der Waals surface area contributed by atoms with Gasteiger partial charge in [-0.3, -0.25) is 19.3 Å². The Kier molecular flexibility index (Phi) is 11.3. The van der Waals surface area contributed by atoms with Crippen molar-refractivity contribution in [3.8, 4) is 0 Å². The molecule has 154 valence electrons. The van der Waals surface area contributed by atoms with Crippen LogP contribution < -0.4 is 0 Å². The monoisotopic (exact) mass is 382 g/mol. The van der Waals surface area contributed by atoms with Crippen LogP contribution in [0.5, 0.6) is 0 Å². The van der Waals surface area contributed by atoms with Crippen molar-refractivity contribution < 1.29 is 23.9 Å². The van der Waals surface area contributed by atoms with Gasteiger partial charge in [0.2, 0.25) is 6.41 Å². The van der Waals surface area contributed by atoms with Crippen LogP contribution in [0.15, 0.2) is 24.4 Å². The van der Waals surface area contributed by atoms with E-state index in [0.717, 1.165) is 0 Å². The number of allylic oxidation sites excluding steroid dienone is 1. The maximum Gasteiger partial charge on any atom is 0.323 e. The zero-order valence-electron chi connectivity index (χ0n) is 17.7. The van der Waals surface area contributed by atoms with E-state index in [4.69, 9.17) is 9.47 Å². The molecule has 0 bridgehead atoms. The number of amides is 1. The zero-order valence-corrected chi connectivity index (χ0v) is 17.7. The summed E-state index contributed by atoms with van der Waals surface area (Å²) in [5, 5.41) is 0. The van der Waals surface area contributed by atoms with Crippen LogP contribution in [-0.2, 0) is 23.9 Å². The highest BCUT2D eigenvalue weighted by molar-refractivity contribution is 5.75. The number of nitrogens with zero attached hydrogens (tertiary/aromatic N) is 2. The first kappa shape index (κ1) is 24.8. The van der Waals surface area contributed by atoms with Crippen molar-refractivity contribution in [3.05, 3.63) is 24.4 Å². The summed E-state index contributed by atoms with van der Waals surface area (Å²) in [6.07, 6.45) is 6.61. The van der Waals surface area contributed by atoms with Crippen LogP contribution in [0.1, 0.15) is 34.6 Å². The standard InChI is InChI=1S/C20H34N2O5/c1-9-10-18(27-20(25)16(4)21(6)7)15(3)19(26-17(5)24)14(2)11-12-22(8)13-23/h9-16,18-19H,1-8H3/b10-9+,12-11+/t14-,15+,16+,18-,19-/m1/s1. The zero-order chi connectivity index (χ0) is 21.1. The van der Waals surface area contributed by atoms with Crippen LogP contribution in [0.3, 0.4) is 0 Å². The summed E-state index contributed by atoms with van der Waals surface area (Å²) in [7, 11) is 5.23. The van der Waals surface area contributed by atoms with Crippen molar-refractivity contribution in [2.24, 2.45) is 11.8 Å². The van der Waals surface area contributed by atoms with Crippen molar-refractivity contribution in [2.75, 3.05) is 21.1 Å². The van der Waals surface area contributed by atoms with Gasteiger partial charge in [0.15, 0.2) is 0 Å². The molecule has 27 heavy (non-hydrogen) atoms. The number of hydrogen-bond acceptors (Lipinski definition) is 6. The summed E-state index contributed by atoms with van der Waals surface area (Å²) < 4.78 is 11.2. The molecule has 0 aromatic heterocycles. The van der Waals surface area contributed by atoms with Crippen LogP contribution in [0.2, 0.25) is 0 Å². The van der Waals surface area contributed by atoms with Gasteiger partial charge in [-0.25, -0.2) is 0 Å². The summed E-state index contributed by atoms with van der Waals surface area (Å²) in [4.78, 5) is 37.9. The molecule has 0 saturated heterocycles. The Morgan fingerprint density at radius 2 is 1.59 bits per heavy atom. The van der Waals surface area contributed by atoms with Gasteiger partial charge in [0, 0.05) is 32.0 Å². The molecule has 0 radical (unpaired) electrons. The molecule has 0 N–H and O–H groups in total. The Morgan fingerprint density at radius 3 is 2.04 bits per heavy atom. The van der Waals surface area contributed by atoms with E-state index in [1.807, 2.05) is 20.8 Å². The lowest BCUT2D eigenvalue weighted by atomic mass is 9.88. The molecule has 0 aliphatic carbocycles. The predicted molar refractivity (Wildman–Crippen MR) is 105 cm³/mol. The molecule has 0 saturated carbocycles. The van der Waals surface area contributed by atoms with Crippen LogP contribution in [0.4, 0.5) is 0 Å². The highest BCUT2D eigenvalue weighted by atomic mass is 16.6. The summed E-state index contributed by atoms with van der Waals surface area (Å²) >= 11 is 0. The molecule has 0 rings (SSSR count). The number of ether oxygens (including phenoxy) is 2. The lowest BCUT2D eigenvalue weighted by Crippen LogP contribution is -2.42. The Labute approximate surface area is 163 Å². The fourth-order valence-corrected chi connectivity index (χ4v) is 2.44. The normalized spacial score (nSPS) is 17.4. The summed E-state index contributed by atoms with van der Waals surface area (Å²) in [6.45, 7) is 8.71. The van der Waals surface area contributed by atoms with E-state index >= 15 is 0 Å². The molecule has 7 heteroatoms. The molecular formula is C20H34N2O5. The number of likely N-dealkylation sites (N-methyl/N-ethyl adjacent to an activating group) is 1. The van der Waals surface area contributed by atoms with E-state index in [0.29, 0.717) is 6.41 Å². The van der Waals surface area contributed by atoms with Crippen LogP contribution in [-0.4, -0.2) is 67.5 Å². The Hall–Kier alpha value is -2.15. The minimum atomic E-state index is -0.547. The predicted octanol–water partition coefficient (Wildman–Crippen LogP) is 2.23. The first-order valence-electron chi connectivity index (χ1n) is 9.07.